The Bertz CT molecular complexity index is 1170. The molecule has 1 heterocycles. The van der Waals surface area contributed by atoms with Gasteiger partial charge in [0, 0.05) is 17.1 Å². The molecule has 1 N–H and O–H groups in total. The summed E-state index contributed by atoms with van der Waals surface area (Å²) in [6, 6.07) is 22.8. The van der Waals surface area contributed by atoms with E-state index >= 15 is 0 Å². The first-order valence-electron chi connectivity index (χ1n) is 10.8. The monoisotopic (exact) mass is 461 g/mol. The van der Waals surface area contributed by atoms with E-state index in [-0.39, 0.29) is 11.3 Å². The van der Waals surface area contributed by atoms with Gasteiger partial charge in [0.15, 0.2) is 0 Å². The smallest absolute Gasteiger partial charge is 0.295 e. The van der Waals surface area contributed by atoms with Crippen LogP contribution in [-0.4, -0.2) is 34.8 Å². The SMILES string of the molecule is CCOc1ccc(C2/C(=C(\O)c3ccc(Cl)cc3)C(=O)C(=O)N2CCc2ccccc2)cc1. The molecule has 0 bridgehead atoms. The van der Waals surface area contributed by atoms with Crippen molar-refractivity contribution in [3.63, 3.8) is 0 Å². The summed E-state index contributed by atoms with van der Waals surface area (Å²) in [5, 5.41) is 11.6. The summed E-state index contributed by atoms with van der Waals surface area (Å²) in [5.41, 5.74) is 2.28. The van der Waals surface area contributed by atoms with E-state index in [1.807, 2.05) is 49.4 Å². The van der Waals surface area contributed by atoms with Gasteiger partial charge in [0.2, 0.25) is 0 Å². The van der Waals surface area contributed by atoms with E-state index in [2.05, 4.69) is 0 Å². The molecule has 3 aromatic rings. The van der Waals surface area contributed by atoms with Crippen LogP contribution in [0.3, 0.4) is 0 Å². The standard InChI is InChI=1S/C27H24ClNO4/c1-2-33-22-14-10-19(11-15-22)24-23(25(30)20-8-12-21(28)13-9-20)26(31)27(32)29(24)17-16-18-6-4-3-5-7-18/h3-15,24,30H,2,16-17H2,1H3/b25-23+. The number of aliphatic hydroxyl groups excluding tert-OH is 1. The highest BCUT2D eigenvalue weighted by atomic mass is 35.5. The van der Waals surface area contributed by atoms with Crippen molar-refractivity contribution >= 4 is 29.1 Å². The Morgan fingerprint density at radius 1 is 0.970 bits per heavy atom. The topological polar surface area (TPSA) is 66.8 Å². The number of aliphatic hydroxyl groups is 1. The van der Waals surface area contributed by atoms with Crippen LogP contribution in [0, 0.1) is 0 Å². The van der Waals surface area contributed by atoms with Gasteiger partial charge in [0.25, 0.3) is 11.7 Å². The van der Waals surface area contributed by atoms with E-state index in [1.54, 1.807) is 36.4 Å². The van der Waals surface area contributed by atoms with Gasteiger partial charge in [-0.2, -0.15) is 0 Å². The molecule has 0 saturated carbocycles. The molecule has 4 rings (SSSR count). The van der Waals surface area contributed by atoms with E-state index in [4.69, 9.17) is 16.3 Å². The molecule has 0 aromatic heterocycles. The minimum atomic E-state index is -0.708. The predicted octanol–water partition coefficient (Wildman–Crippen LogP) is 5.40. The number of halogens is 1. The first-order valence-corrected chi connectivity index (χ1v) is 11.2. The lowest BCUT2D eigenvalue weighted by Gasteiger charge is -2.25. The summed E-state index contributed by atoms with van der Waals surface area (Å²) >= 11 is 5.98. The van der Waals surface area contributed by atoms with Crippen molar-refractivity contribution in [2.24, 2.45) is 0 Å². The average Bonchev–Trinajstić information content (AvgIpc) is 3.09. The molecular formula is C27H24ClNO4. The number of Topliss-reactive ketones (excluding diaryl/α,β-unsaturated/α-hetero) is 1. The zero-order valence-corrected chi connectivity index (χ0v) is 19.0. The highest BCUT2D eigenvalue weighted by Gasteiger charge is 2.45. The molecule has 6 heteroatoms. The van der Waals surface area contributed by atoms with Crippen LogP contribution in [0.25, 0.3) is 5.76 Å². The van der Waals surface area contributed by atoms with Gasteiger partial charge in [-0.05, 0) is 60.9 Å². The second-order valence-corrected chi connectivity index (χ2v) is 8.17. The van der Waals surface area contributed by atoms with Crippen LogP contribution in [-0.2, 0) is 16.0 Å². The van der Waals surface area contributed by atoms with Crippen LogP contribution in [0.1, 0.15) is 29.7 Å². The molecule has 168 valence electrons. The number of benzene rings is 3. The molecule has 0 aliphatic carbocycles. The molecular weight excluding hydrogens is 438 g/mol. The fraction of sp³-hybridized carbons (Fsp3) is 0.185. The third-order valence-electron chi connectivity index (χ3n) is 5.65. The van der Waals surface area contributed by atoms with Crippen molar-refractivity contribution < 1.29 is 19.4 Å². The first-order chi connectivity index (χ1) is 16.0. The highest BCUT2D eigenvalue weighted by molar-refractivity contribution is 6.46. The number of carbonyl (C=O) groups excluding carboxylic acids is 2. The Morgan fingerprint density at radius 3 is 2.27 bits per heavy atom. The largest absolute Gasteiger partial charge is 0.507 e. The van der Waals surface area contributed by atoms with Crippen LogP contribution in [0.5, 0.6) is 5.75 Å². The third kappa shape index (κ3) is 4.78. The predicted molar refractivity (Wildman–Crippen MR) is 128 cm³/mol. The number of rotatable bonds is 7. The normalized spacial score (nSPS) is 17.4. The van der Waals surface area contributed by atoms with E-state index < -0.39 is 17.7 Å². The zero-order chi connectivity index (χ0) is 23.4. The van der Waals surface area contributed by atoms with Gasteiger partial charge >= 0.3 is 0 Å². The fourth-order valence-electron chi connectivity index (χ4n) is 4.03. The van der Waals surface area contributed by atoms with Crippen LogP contribution in [0.4, 0.5) is 0 Å². The maximum Gasteiger partial charge on any atom is 0.295 e. The summed E-state index contributed by atoms with van der Waals surface area (Å²) in [5.74, 6) is -0.846. The molecule has 1 unspecified atom stereocenters. The van der Waals surface area contributed by atoms with Crippen molar-refractivity contribution in [2.75, 3.05) is 13.2 Å². The lowest BCUT2D eigenvalue weighted by Crippen LogP contribution is -2.31. The first kappa shape index (κ1) is 22.6. The Balaban J connectivity index is 1.76. The number of ketones is 1. The van der Waals surface area contributed by atoms with Crippen LogP contribution < -0.4 is 4.74 Å². The van der Waals surface area contributed by atoms with Gasteiger partial charge in [-0.1, -0.05) is 54.1 Å². The molecule has 3 aromatic carbocycles. The van der Waals surface area contributed by atoms with E-state index in [0.29, 0.717) is 35.9 Å². The van der Waals surface area contributed by atoms with Crippen molar-refractivity contribution in [3.8, 4) is 5.75 Å². The Morgan fingerprint density at radius 2 is 1.64 bits per heavy atom. The lowest BCUT2D eigenvalue weighted by molar-refractivity contribution is -0.139. The van der Waals surface area contributed by atoms with Gasteiger partial charge in [-0.3, -0.25) is 9.59 Å². The van der Waals surface area contributed by atoms with E-state index in [1.165, 1.54) is 4.90 Å². The van der Waals surface area contributed by atoms with Crippen molar-refractivity contribution in [1.82, 2.24) is 4.90 Å². The molecule has 1 saturated heterocycles. The Hall–Kier alpha value is -3.57. The molecule has 1 aliphatic heterocycles. The molecule has 1 aliphatic rings. The molecule has 5 nitrogen and oxygen atoms in total. The summed E-state index contributed by atoms with van der Waals surface area (Å²) in [4.78, 5) is 27.7. The van der Waals surface area contributed by atoms with Crippen LogP contribution in [0.2, 0.25) is 5.02 Å². The van der Waals surface area contributed by atoms with Crippen LogP contribution >= 0.6 is 11.6 Å². The third-order valence-corrected chi connectivity index (χ3v) is 5.90. The Labute approximate surface area is 197 Å². The molecule has 33 heavy (non-hydrogen) atoms. The number of likely N-dealkylation sites (tertiary alicyclic amines) is 1. The van der Waals surface area contributed by atoms with E-state index in [0.717, 1.165) is 11.1 Å². The number of amides is 1. The van der Waals surface area contributed by atoms with Crippen molar-refractivity contribution in [2.45, 2.75) is 19.4 Å². The summed E-state index contributed by atoms with van der Waals surface area (Å²) in [7, 11) is 0. The fourth-order valence-corrected chi connectivity index (χ4v) is 4.15. The maximum absolute atomic E-state index is 13.1. The van der Waals surface area contributed by atoms with Gasteiger partial charge in [0.1, 0.15) is 11.5 Å². The number of hydrogen-bond donors (Lipinski definition) is 1. The molecule has 1 amide bonds. The minimum Gasteiger partial charge on any atom is -0.507 e. The van der Waals surface area contributed by atoms with Crippen molar-refractivity contribution in [1.29, 1.82) is 0 Å². The molecule has 0 spiro atoms. The number of ether oxygens (including phenoxy) is 1. The van der Waals surface area contributed by atoms with E-state index in [9.17, 15) is 14.7 Å². The number of nitrogens with zero attached hydrogens (tertiary/aromatic N) is 1. The zero-order valence-electron chi connectivity index (χ0n) is 18.2. The highest BCUT2D eigenvalue weighted by Crippen LogP contribution is 2.40. The van der Waals surface area contributed by atoms with Gasteiger partial charge < -0.3 is 14.7 Å². The summed E-state index contributed by atoms with van der Waals surface area (Å²) < 4.78 is 5.53. The Kier molecular flexibility index (Phi) is 6.80. The average molecular weight is 462 g/mol. The minimum absolute atomic E-state index is 0.0690. The number of carbonyl (C=O) groups is 2. The summed E-state index contributed by atoms with van der Waals surface area (Å²) in [6.07, 6.45) is 0.586. The molecule has 1 atom stereocenters. The summed E-state index contributed by atoms with van der Waals surface area (Å²) in [6.45, 7) is 2.77. The van der Waals surface area contributed by atoms with Gasteiger partial charge in [-0.15, -0.1) is 0 Å². The second kappa shape index (κ2) is 9.92. The second-order valence-electron chi connectivity index (χ2n) is 7.74. The molecule has 0 radical (unpaired) electrons. The molecule has 1 fully saturated rings. The van der Waals surface area contributed by atoms with Crippen molar-refractivity contribution in [3.05, 3.63) is 106 Å². The van der Waals surface area contributed by atoms with Gasteiger partial charge in [-0.25, -0.2) is 0 Å². The van der Waals surface area contributed by atoms with Gasteiger partial charge in [0.05, 0.1) is 18.2 Å². The van der Waals surface area contributed by atoms with Crippen LogP contribution in [0.15, 0.2) is 84.4 Å². The maximum atomic E-state index is 13.1. The number of hydrogen-bond acceptors (Lipinski definition) is 4. The lowest BCUT2D eigenvalue weighted by atomic mass is 9.95. The quantitative estimate of drug-likeness (QED) is 0.290.